The van der Waals surface area contributed by atoms with E-state index < -0.39 is 17.6 Å². The summed E-state index contributed by atoms with van der Waals surface area (Å²) >= 11 is 0. The minimum Gasteiger partial charge on any atom is -0.403 e. The van der Waals surface area contributed by atoms with Crippen molar-refractivity contribution >= 4 is 23.1 Å². The van der Waals surface area contributed by atoms with Crippen molar-refractivity contribution in [3.05, 3.63) is 60.1 Å². The van der Waals surface area contributed by atoms with Crippen LogP contribution in [0.4, 0.5) is 24.7 Å². The predicted molar refractivity (Wildman–Crippen MR) is 129 cm³/mol. The van der Waals surface area contributed by atoms with E-state index >= 15 is 0 Å². The number of allylic oxidation sites excluding steroid dienone is 1. The second kappa shape index (κ2) is 13.4. The van der Waals surface area contributed by atoms with Crippen LogP contribution in [0.1, 0.15) is 37.7 Å². The van der Waals surface area contributed by atoms with Gasteiger partial charge in [0.05, 0.1) is 5.70 Å². The van der Waals surface area contributed by atoms with Gasteiger partial charge >= 0.3 is 6.18 Å². The summed E-state index contributed by atoms with van der Waals surface area (Å²) in [6, 6.07) is 9.53. The summed E-state index contributed by atoms with van der Waals surface area (Å²) in [4.78, 5) is 17.9. The maximum Gasteiger partial charge on any atom is 0.435 e. The highest BCUT2D eigenvalue weighted by atomic mass is 19.4. The lowest BCUT2D eigenvalue weighted by Crippen LogP contribution is -2.33. The van der Waals surface area contributed by atoms with Crippen molar-refractivity contribution in [2.75, 3.05) is 19.5 Å². The first-order valence-electron chi connectivity index (χ1n) is 11.2. The Kier molecular flexibility index (Phi) is 10.7. The molecule has 35 heavy (non-hydrogen) atoms. The first-order valence-corrected chi connectivity index (χ1v) is 11.2. The molecule has 0 unspecified atom stereocenters. The number of aromatic nitrogens is 2. The monoisotopic (exact) mass is 492 g/mol. The molecule has 1 heterocycles. The third-order valence-corrected chi connectivity index (χ3v) is 5.46. The molecule has 8 nitrogen and oxygen atoms in total. The number of amides is 1. The second-order valence-corrected chi connectivity index (χ2v) is 7.97. The highest BCUT2D eigenvalue weighted by Crippen LogP contribution is 2.27. The van der Waals surface area contributed by atoms with Crippen molar-refractivity contribution in [3.63, 3.8) is 0 Å². The van der Waals surface area contributed by atoms with Crippen molar-refractivity contribution in [2.24, 2.45) is 16.6 Å². The minimum atomic E-state index is -4.77. The summed E-state index contributed by atoms with van der Waals surface area (Å²) in [5, 5.41) is 16.8. The van der Waals surface area contributed by atoms with Crippen molar-refractivity contribution in [1.82, 2.24) is 15.1 Å². The van der Waals surface area contributed by atoms with Gasteiger partial charge in [-0.1, -0.05) is 31.4 Å². The first-order chi connectivity index (χ1) is 16.8. The zero-order valence-electron chi connectivity index (χ0n) is 19.8. The van der Waals surface area contributed by atoms with Crippen molar-refractivity contribution in [3.8, 4) is 0 Å². The third-order valence-electron chi connectivity index (χ3n) is 5.46. The van der Waals surface area contributed by atoms with Crippen LogP contribution in [-0.4, -0.2) is 52.2 Å². The van der Waals surface area contributed by atoms with Crippen LogP contribution in [0.3, 0.4) is 0 Å². The van der Waals surface area contributed by atoms with Crippen LogP contribution in [0.2, 0.25) is 0 Å². The lowest BCUT2D eigenvalue weighted by molar-refractivity contribution is -0.135. The molecule has 0 radical (unpaired) electrons. The van der Waals surface area contributed by atoms with Crippen LogP contribution in [-0.2, 0) is 11.3 Å². The van der Waals surface area contributed by atoms with E-state index in [4.69, 9.17) is 10.8 Å². The average Bonchev–Trinajstić information content (AvgIpc) is 2.88. The summed E-state index contributed by atoms with van der Waals surface area (Å²) in [6.07, 6.45) is 2.59. The molecule has 0 aliphatic heterocycles. The molecule has 1 aliphatic carbocycles. The van der Waals surface area contributed by atoms with Crippen molar-refractivity contribution in [2.45, 2.75) is 44.8 Å². The summed E-state index contributed by atoms with van der Waals surface area (Å²) < 4.78 is 40.9. The van der Waals surface area contributed by atoms with Gasteiger partial charge < -0.3 is 21.1 Å². The van der Waals surface area contributed by atoms with Gasteiger partial charge in [0.2, 0.25) is 5.91 Å². The standard InChI is InChI=1S/C23H27F3N6O.CH4O/c1-32(22(33)17-6-3-2-4-7-17)15-16-9-11-18(12-10-16)29-19(14-27)21(23(24,25)26)30-20-8-5-13-28-31-20;1-2/h5,8-14,17,29H,2-4,6-7,15,27H2,1H3;2H,1H3/b19-14+,30-21?;. The number of alkyl halides is 3. The van der Waals surface area contributed by atoms with E-state index in [1.165, 1.54) is 24.8 Å². The number of nitrogens with zero attached hydrogens (tertiary/aromatic N) is 4. The van der Waals surface area contributed by atoms with E-state index in [9.17, 15) is 18.0 Å². The number of halogens is 3. The largest absolute Gasteiger partial charge is 0.435 e. The van der Waals surface area contributed by atoms with E-state index in [-0.39, 0.29) is 17.6 Å². The van der Waals surface area contributed by atoms with Gasteiger partial charge in [-0.2, -0.15) is 18.3 Å². The molecular formula is C24H31F3N6O2. The number of aliphatic hydroxyl groups excluding tert-OH is 1. The maximum atomic E-state index is 13.6. The lowest BCUT2D eigenvalue weighted by Gasteiger charge is -2.26. The maximum absolute atomic E-state index is 13.6. The average molecular weight is 493 g/mol. The smallest absolute Gasteiger partial charge is 0.403 e. The second-order valence-electron chi connectivity index (χ2n) is 7.97. The molecule has 2 aromatic rings. The molecule has 1 saturated carbocycles. The van der Waals surface area contributed by atoms with Gasteiger partial charge in [0.1, 0.15) is 0 Å². The molecule has 3 rings (SSSR count). The van der Waals surface area contributed by atoms with Gasteiger partial charge in [-0.25, -0.2) is 4.99 Å². The van der Waals surface area contributed by atoms with Gasteiger partial charge in [-0.3, -0.25) is 4.79 Å². The normalized spacial score (nSPS) is 15.1. The number of anilines is 1. The van der Waals surface area contributed by atoms with E-state index in [0.29, 0.717) is 12.2 Å². The number of carbonyl (C=O) groups is 1. The third kappa shape index (κ3) is 8.36. The summed E-state index contributed by atoms with van der Waals surface area (Å²) in [5.41, 5.74) is 5.13. The summed E-state index contributed by atoms with van der Waals surface area (Å²) in [5.74, 6) is 0.0311. The van der Waals surface area contributed by atoms with Gasteiger partial charge in [0.15, 0.2) is 11.5 Å². The Morgan fingerprint density at radius 3 is 2.40 bits per heavy atom. The Morgan fingerprint density at radius 2 is 1.86 bits per heavy atom. The Labute approximate surface area is 202 Å². The number of benzene rings is 1. The van der Waals surface area contributed by atoms with Crippen LogP contribution in [0.15, 0.2) is 59.5 Å². The Hall–Kier alpha value is -3.47. The van der Waals surface area contributed by atoms with Crippen LogP contribution in [0.25, 0.3) is 0 Å². The molecule has 1 fully saturated rings. The van der Waals surface area contributed by atoms with E-state index in [0.717, 1.165) is 44.6 Å². The highest BCUT2D eigenvalue weighted by molar-refractivity contribution is 6.07. The van der Waals surface area contributed by atoms with Gasteiger partial charge in [-0.05, 0) is 42.7 Å². The molecule has 190 valence electrons. The molecule has 1 aliphatic rings. The molecule has 1 amide bonds. The van der Waals surface area contributed by atoms with Crippen LogP contribution in [0, 0.1) is 5.92 Å². The topological polar surface area (TPSA) is 117 Å². The number of rotatable bonds is 7. The molecular weight excluding hydrogens is 461 g/mol. The zero-order chi connectivity index (χ0) is 25.8. The quantitative estimate of drug-likeness (QED) is 0.500. The van der Waals surface area contributed by atoms with Crippen molar-refractivity contribution in [1.29, 1.82) is 0 Å². The van der Waals surface area contributed by atoms with E-state index in [1.54, 1.807) is 36.2 Å². The number of aliphatic hydroxyl groups is 1. The predicted octanol–water partition coefficient (Wildman–Crippen LogP) is 4.17. The number of aliphatic imine (C=N–C) groups is 1. The molecule has 0 saturated heterocycles. The van der Waals surface area contributed by atoms with Crippen LogP contribution < -0.4 is 11.1 Å². The Morgan fingerprint density at radius 1 is 1.20 bits per heavy atom. The molecule has 0 atom stereocenters. The van der Waals surface area contributed by atoms with Gasteiger partial charge in [0, 0.05) is 44.7 Å². The van der Waals surface area contributed by atoms with Gasteiger partial charge in [0.25, 0.3) is 0 Å². The first kappa shape index (κ1) is 27.8. The van der Waals surface area contributed by atoms with Crippen LogP contribution >= 0.6 is 0 Å². The molecule has 1 aromatic heterocycles. The fourth-order valence-electron chi connectivity index (χ4n) is 3.79. The fraction of sp³-hybridized carbons (Fsp3) is 0.417. The Bertz CT molecular complexity index is 989. The fourth-order valence-corrected chi connectivity index (χ4v) is 3.79. The molecule has 0 bridgehead atoms. The van der Waals surface area contributed by atoms with Crippen LogP contribution in [0.5, 0.6) is 0 Å². The number of hydrogen-bond acceptors (Lipinski definition) is 7. The van der Waals surface area contributed by atoms with E-state index in [1.807, 2.05) is 0 Å². The number of carbonyl (C=O) groups excluding carboxylic acids is 1. The SMILES string of the molecule is CN(Cc1ccc(N/C(=C/N)C(=Nc2cccnn2)C(F)(F)F)cc1)C(=O)C1CCCCC1.CO. The lowest BCUT2D eigenvalue weighted by atomic mass is 9.88. The molecule has 0 spiro atoms. The van der Waals surface area contributed by atoms with E-state index in [2.05, 4.69) is 20.5 Å². The summed E-state index contributed by atoms with van der Waals surface area (Å²) in [6.45, 7) is 0.428. The number of hydrogen-bond donors (Lipinski definition) is 3. The highest BCUT2D eigenvalue weighted by Gasteiger charge is 2.38. The van der Waals surface area contributed by atoms with Crippen molar-refractivity contribution < 1.29 is 23.1 Å². The minimum absolute atomic E-state index is 0.0799. The summed E-state index contributed by atoms with van der Waals surface area (Å²) in [7, 11) is 2.77. The van der Waals surface area contributed by atoms with Gasteiger partial charge in [-0.15, -0.1) is 5.10 Å². The molecule has 1 aromatic carbocycles. The number of nitrogens with two attached hydrogens (primary N) is 1. The molecule has 11 heteroatoms. The zero-order valence-corrected chi connectivity index (χ0v) is 19.8. The molecule has 4 N–H and O–H groups in total. The number of nitrogens with one attached hydrogen (secondary N) is 1. The Balaban J connectivity index is 0.00000210.